The zero-order valence-corrected chi connectivity index (χ0v) is 19.7. The average molecular weight is 396 g/mol. The molecule has 0 N–H and O–H groups in total. The van der Waals surface area contributed by atoms with E-state index in [0.29, 0.717) is 5.91 Å². The van der Waals surface area contributed by atoms with Crippen LogP contribution in [0.2, 0.25) is 0 Å². The Morgan fingerprint density at radius 2 is 1.14 bits per heavy atom. The summed E-state index contributed by atoms with van der Waals surface area (Å²) in [6.45, 7) is 6.51. The molecule has 3 nitrogen and oxygen atoms in total. The van der Waals surface area contributed by atoms with Crippen LogP contribution in [0.5, 0.6) is 0 Å². The first-order valence-electron chi connectivity index (χ1n) is 12.6. The summed E-state index contributed by atoms with van der Waals surface area (Å²) >= 11 is 0. The molecule has 0 spiro atoms. The Kier molecular flexibility index (Phi) is 14.8. The van der Waals surface area contributed by atoms with Crippen molar-refractivity contribution in [2.24, 2.45) is 0 Å². The molecule has 1 aliphatic heterocycles. The molecule has 0 saturated carbocycles. The van der Waals surface area contributed by atoms with Gasteiger partial charge in [-0.25, -0.2) is 0 Å². The first-order valence-corrected chi connectivity index (χ1v) is 12.6. The smallest absolute Gasteiger partial charge is 0.222 e. The molecule has 0 aromatic carbocycles. The maximum atomic E-state index is 12.4. The van der Waals surface area contributed by atoms with Crippen LogP contribution < -0.4 is 0 Å². The van der Waals surface area contributed by atoms with Crippen molar-refractivity contribution in [1.29, 1.82) is 0 Å². The van der Waals surface area contributed by atoms with Crippen LogP contribution in [-0.2, 0) is 4.79 Å². The first kappa shape index (κ1) is 25.5. The predicted molar refractivity (Wildman–Crippen MR) is 123 cm³/mol. The number of rotatable bonds is 16. The number of hydrogen-bond donors (Lipinski definition) is 0. The lowest BCUT2D eigenvalue weighted by Crippen LogP contribution is -2.43. The molecule has 0 aromatic rings. The number of amides is 1. The van der Waals surface area contributed by atoms with Crippen molar-refractivity contribution < 1.29 is 9.28 Å². The van der Waals surface area contributed by atoms with E-state index in [1.807, 2.05) is 0 Å². The molecular weight excluding hydrogens is 344 g/mol. The Balaban J connectivity index is 1.84. The quantitative estimate of drug-likeness (QED) is 0.214. The number of carbonyl (C=O) groups excluding carboxylic acids is 1. The number of unbranched alkanes of at least 4 members (excludes halogenated alkanes) is 14. The van der Waals surface area contributed by atoms with Gasteiger partial charge in [-0.15, -0.1) is 0 Å². The van der Waals surface area contributed by atoms with Gasteiger partial charge in [-0.05, 0) is 6.42 Å². The molecule has 1 saturated heterocycles. The minimum atomic E-state index is 0.400. The second kappa shape index (κ2) is 16.3. The molecule has 0 aromatic heterocycles. The van der Waals surface area contributed by atoms with Crippen molar-refractivity contribution in [3.8, 4) is 0 Å². The molecule has 0 aliphatic carbocycles. The summed E-state index contributed by atoms with van der Waals surface area (Å²) in [7, 11) is 4.56. The fraction of sp³-hybridized carbons (Fsp3) is 0.960. The highest BCUT2D eigenvalue weighted by Gasteiger charge is 2.23. The Labute approximate surface area is 176 Å². The van der Waals surface area contributed by atoms with E-state index in [0.717, 1.165) is 43.4 Å². The molecule has 28 heavy (non-hydrogen) atoms. The fourth-order valence-corrected chi connectivity index (χ4v) is 4.36. The molecule has 3 heteroatoms. The molecule has 166 valence electrons. The normalized spacial score (nSPS) is 16.9. The summed E-state index contributed by atoms with van der Waals surface area (Å²) in [5.74, 6) is 0.400. The topological polar surface area (TPSA) is 20.3 Å². The van der Waals surface area contributed by atoms with E-state index >= 15 is 0 Å². The number of likely N-dealkylation sites (N-methyl/N-ethyl adjacent to an activating group) is 1. The third-order valence-electron chi connectivity index (χ3n) is 6.51. The Morgan fingerprint density at radius 3 is 1.64 bits per heavy atom. The van der Waals surface area contributed by atoms with Gasteiger partial charge in [0.25, 0.3) is 0 Å². The van der Waals surface area contributed by atoms with Gasteiger partial charge in [-0.2, -0.15) is 0 Å². The van der Waals surface area contributed by atoms with Gasteiger partial charge in [0.05, 0.1) is 33.7 Å². The summed E-state index contributed by atoms with van der Waals surface area (Å²) < 4.78 is 1.06. The van der Waals surface area contributed by atoms with Crippen LogP contribution in [0.1, 0.15) is 116 Å². The lowest BCUT2D eigenvalue weighted by molar-refractivity contribution is -0.888. The highest BCUT2D eigenvalue weighted by molar-refractivity contribution is 5.76. The lowest BCUT2D eigenvalue weighted by atomic mass is 10.0. The molecule has 1 fully saturated rings. The van der Waals surface area contributed by atoms with E-state index in [2.05, 4.69) is 25.9 Å². The van der Waals surface area contributed by atoms with Crippen LogP contribution in [0.15, 0.2) is 0 Å². The van der Waals surface area contributed by atoms with Gasteiger partial charge < -0.3 is 9.38 Å². The second-order valence-electron chi connectivity index (χ2n) is 9.82. The third kappa shape index (κ3) is 13.6. The number of carbonyl (C=O) groups is 1. The standard InChI is InChI=1S/C25H51N2O/c1-4-5-6-7-8-9-10-11-12-13-14-15-16-17-18-20-25(28)26-21-19-23-27(2,3)24-22-26/h4-24H2,1-3H3/q+1. The molecule has 1 amide bonds. The Bertz CT molecular complexity index is 381. The van der Waals surface area contributed by atoms with Crippen LogP contribution in [0.3, 0.4) is 0 Å². The molecule has 1 aliphatic rings. The second-order valence-corrected chi connectivity index (χ2v) is 9.82. The first-order chi connectivity index (χ1) is 13.5. The van der Waals surface area contributed by atoms with Crippen molar-refractivity contribution in [2.45, 2.75) is 116 Å². The monoisotopic (exact) mass is 395 g/mol. The van der Waals surface area contributed by atoms with E-state index in [1.54, 1.807) is 0 Å². The van der Waals surface area contributed by atoms with Crippen molar-refractivity contribution in [3.63, 3.8) is 0 Å². The van der Waals surface area contributed by atoms with E-state index in [1.165, 1.54) is 96.4 Å². The molecule has 0 unspecified atom stereocenters. The van der Waals surface area contributed by atoms with Crippen LogP contribution in [0.4, 0.5) is 0 Å². The zero-order valence-electron chi connectivity index (χ0n) is 19.7. The molecule has 1 rings (SSSR count). The van der Waals surface area contributed by atoms with Gasteiger partial charge in [-0.3, -0.25) is 4.79 Å². The van der Waals surface area contributed by atoms with Crippen LogP contribution in [0.25, 0.3) is 0 Å². The van der Waals surface area contributed by atoms with E-state index in [9.17, 15) is 4.79 Å². The highest BCUT2D eigenvalue weighted by atomic mass is 16.2. The maximum absolute atomic E-state index is 12.4. The highest BCUT2D eigenvalue weighted by Crippen LogP contribution is 2.15. The van der Waals surface area contributed by atoms with Crippen molar-refractivity contribution >= 4 is 5.91 Å². The summed E-state index contributed by atoms with van der Waals surface area (Å²) in [5.41, 5.74) is 0. The van der Waals surface area contributed by atoms with E-state index < -0.39 is 0 Å². The Morgan fingerprint density at radius 1 is 0.679 bits per heavy atom. The van der Waals surface area contributed by atoms with Crippen LogP contribution in [0, 0.1) is 0 Å². The molecule has 1 heterocycles. The minimum absolute atomic E-state index is 0.400. The average Bonchev–Trinajstić information content (AvgIpc) is 2.85. The molecule has 0 radical (unpaired) electrons. The van der Waals surface area contributed by atoms with Gasteiger partial charge >= 0.3 is 0 Å². The molecular formula is C25H51N2O+. The van der Waals surface area contributed by atoms with E-state index in [4.69, 9.17) is 0 Å². The van der Waals surface area contributed by atoms with Gasteiger partial charge in [0.2, 0.25) is 5.91 Å². The zero-order chi connectivity index (χ0) is 20.5. The van der Waals surface area contributed by atoms with Crippen LogP contribution >= 0.6 is 0 Å². The summed E-state index contributed by atoms with van der Waals surface area (Å²) in [6, 6.07) is 0. The number of hydrogen-bond acceptors (Lipinski definition) is 1. The number of nitrogens with zero attached hydrogens (tertiary/aromatic N) is 2. The fourth-order valence-electron chi connectivity index (χ4n) is 4.36. The summed E-state index contributed by atoms with van der Waals surface area (Å²) in [4.78, 5) is 14.5. The third-order valence-corrected chi connectivity index (χ3v) is 6.51. The van der Waals surface area contributed by atoms with E-state index in [-0.39, 0.29) is 0 Å². The summed E-state index contributed by atoms with van der Waals surface area (Å²) in [6.07, 6.45) is 22.6. The van der Waals surface area contributed by atoms with Gasteiger partial charge in [0.15, 0.2) is 0 Å². The van der Waals surface area contributed by atoms with Gasteiger partial charge in [0, 0.05) is 19.4 Å². The number of quaternary nitrogens is 1. The van der Waals surface area contributed by atoms with Crippen molar-refractivity contribution in [1.82, 2.24) is 4.90 Å². The van der Waals surface area contributed by atoms with Gasteiger partial charge in [-0.1, -0.05) is 96.8 Å². The van der Waals surface area contributed by atoms with Crippen molar-refractivity contribution in [2.75, 3.05) is 40.3 Å². The lowest BCUT2D eigenvalue weighted by Gasteiger charge is -2.28. The SMILES string of the molecule is CCCCCCCCCCCCCCCCCC(=O)N1CCC[N+](C)(C)CC1. The van der Waals surface area contributed by atoms with Crippen molar-refractivity contribution in [3.05, 3.63) is 0 Å². The Hall–Kier alpha value is -0.570. The van der Waals surface area contributed by atoms with Gasteiger partial charge in [0.1, 0.15) is 0 Å². The largest absolute Gasteiger partial charge is 0.337 e. The molecule has 0 atom stereocenters. The predicted octanol–water partition coefficient (Wildman–Crippen LogP) is 6.56. The maximum Gasteiger partial charge on any atom is 0.222 e. The molecule has 0 bridgehead atoms. The van der Waals surface area contributed by atoms with Crippen LogP contribution in [-0.4, -0.2) is 55.6 Å². The summed E-state index contributed by atoms with van der Waals surface area (Å²) in [5, 5.41) is 0. The minimum Gasteiger partial charge on any atom is -0.337 e.